The van der Waals surface area contributed by atoms with E-state index >= 15 is 0 Å². The summed E-state index contributed by atoms with van der Waals surface area (Å²) in [7, 11) is 1.90. The highest BCUT2D eigenvalue weighted by Crippen LogP contribution is 2.18. The van der Waals surface area contributed by atoms with Gasteiger partial charge < -0.3 is 15.2 Å². The molecule has 2 N–H and O–H groups in total. The number of rotatable bonds is 9. The Hall–Kier alpha value is -2.83. The third-order valence-electron chi connectivity index (χ3n) is 4.20. The molecule has 0 aliphatic carbocycles. The molecule has 0 unspecified atom stereocenters. The zero-order valence-electron chi connectivity index (χ0n) is 15.4. The Morgan fingerprint density at radius 1 is 1.19 bits per heavy atom. The molecule has 0 bridgehead atoms. The van der Waals surface area contributed by atoms with E-state index in [0.29, 0.717) is 37.3 Å². The summed E-state index contributed by atoms with van der Waals surface area (Å²) < 4.78 is 7.30. The Bertz CT molecular complexity index is 766. The molecule has 0 radical (unpaired) electrons. The first-order valence-corrected chi connectivity index (χ1v) is 8.60. The van der Waals surface area contributed by atoms with Crippen LogP contribution in [0.3, 0.4) is 0 Å². The lowest BCUT2D eigenvalue weighted by atomic mass is 10.1. The molecule has 0 aliphatic rings. The Balaban J connectivity index is 1.79. The molecule has 7 heteroatoms. The van der Waals surface area contributed by atoms with Crippen molar-refractivity contribution >= 4 is 17.6 Å². The van der Waals surface area contributed by atoms with Crippen LogP contribution in [0.25, 0.3) is 0 Å². The van der Waals surface area contributed by atoms with E-state index in [1.54, 1.807) is 24.3 Å². The lowest BCUT2D eigenvalue weighted by Crippen LogP contribution is -2.12. The number of carboxylic acid groups (broad SMARTS) is 1. The van der Waals surface area contributed by atoms with Crippen molar-refractivity contribution in [3.63, 3.8) is 0 Å². The molecule has 7 nitrogen and oxygen atoms in total. The minimum absolute atomic E-state index is 0.0530. The van der Waals surface area contributed by atoms with Crippen molar-refractivity contribution in [2.24, 2.45) is 7.05 Å². The summed E-state index contributed by atoms with van der Waals surface area (Å²) in [6, 6.07) is 7.05. The lowest BCUT2D eigenvalue weighted by Gasteiger charge is -2.08. The molecular formula is C19H25N3O4. The summed E-state index contributed by atoms with van der Waals surface area (Å²) in [6.07, 6.45) is 1.59. The number of nitrogens with one attached hydrogen (secondary N) is 1. The fourth-order valence-electron chi connectivity index (χ4n) is 2.69. The van der Waals surface area contributed by atoms with Gasteiger partial charge in [0.1, 0.15) is 5.75 Å². The standard InChI is InChI=1S/C19H25N3O4/c1-13-17(14(2)22(3)21-13)10-11-18(23)20-15-6-8-16(9-7-15)26-12-4-5-19(24)25/h6-9H,4-5,10-12H2,1-3H3,(H,20,23)(H,24,25). The van der Waals surface area contributed by atoms with Crippen molar-refractivity contribution in [1.82, 2.24) is 9.78 Å². The molecule has 0 saturated carbocycles. The van der Waals surface area contributed by atoms with Crippen LogP contribution < -0.4 is 10.1 Å². The van der Waals surface area contributed by atoms with Gasteiger partial charge in [0.05, 0.1) is 12.3 Å². The second-order valence-electron chi connectivity index (χ2n) is 6.19. The highest BCUT2D eigenvalue weighted by Gasteiger charge is 2.11. The number of benzene rings is 1. The largest absolute Gasteiger partial charge is 0.494 e. The number of hydrogen-bond acceptors (Lipinski definition) is 4. The number of hydrogen-bond donors (Lipinski definition) is 2. The van der Waals surface area contributed by atoms with Crippen LogP contribution in [-0.4, -0.2) is 33.4 Å². The third kappa shape index (κ3) is 5.61. The van der Waals surface area contributed by atoms with Crippen LogP contribution in [0.2, 0.25) is 0 Å². The molecule has 1 aromatic carbocycles. The Morgan fingerprint density at radius 3 is 2.46 bits per heavy atom. The number of anilines is 1. The molecule has 0 aliphatic heterocycles. The number of carbonyl (C=O) groups excluding carboxylic acids is 1. The molecule has 1 amide bonds. The summed E-state index contributed by atoms with van der Waals surface area (Å²) in [5.41, 5.74) is 3.86. The molecule has 140 valence electrons. The van der Waals surface area contributed by atoms with Gasteiger partial charge in [0.25, 0.3) is 0 Å². The van der Waals surface area contributed by atoms with Gasteiger partial charge in [0, 0.05) is 31.3 Å². The van der Waals surface area contributed by atoms with Crippen LogP contribution in [0.1, 0.15) is 36.2 Å². The molecule has 2 aromatic rings. The summed E-state index contributed by atoms with van der Waals surface area (Å²) in [6.45, 7) is 4.31. The predicted octanol–water partition coefficient (Wildman–Crippen LogP) is 2.85. The van der Waals surface area contributed by atoms with Gasteiger partial charge in [-0.25, -0.2) is 0 Å². The Kier molecular flexibility index (Phi) is 6.77. The number of aromatic nitrogens is 2. The Morgan fingerprint density at radius 2 is 1.88 bits per heavy atom. The molecular weight excluding hydrogens is 334 g/mol. The Labute approximate surface area is 153 Å². The van der Waals surface area contributed by atoms with Gasteiger partial charge in [-0.3, -0.25) is 14.3 Å². The van der Waals surface area contributed by atoms with E-state index in [1.165, 1.54) is 0 Å². The fourth-order valence-corrected chi connectivity index (χ4v) is 2.69. The minimum Gasteiger partial charge on any atom is -0.494 e. The van der Waals surface area contributed by atoms with Crippen molar-refractivity contribution in [3.05, 3.63) is 41.2 Å². The first kappa shape index (κ1) is 19.5. The van der Waals surface area contributed by atoms with Crippen molar-refractivity contribution in [1.29, 1.82) is 0 Å². The second-order valence-corrected chi connectivity index (χ2v) is 6.19. The van der Waals surface area contributed by atoms with E-state index in [4.69, 9.17) is 9.84 Å². The maximum Gasteiger partial charge on any atom is 0.303 e. The number of carbonyl (C=O) groups is 2. The highest BCUT2D eigenvalue weighted by molar-refractivity contribution is 5.90. The summed E-state index contributed by atoms with van der Waals surface area (Å²) in [5, 5.41) is 15.8. The van der Waals surface area contributed by atoms with Gasteiger partial charge >= 0.3 is 5.97 Å². The molecule has 0 fully saturated rings. The number of ether oxygens (including phenoxy) is 1. The summed E-state index contributed by atoms with van der Waals surface area (Å²) >= 11 is 0. The number of amides is 1. The molecule has 0 spiro atoms. The molecule has 26 heavy (non-hydrogen) atoms. The SMILES string of the molecule is Cc1nn(C)c(C)c1CCC(=O)Nc1ccc(OCCCC(=O)O)cc1. The van der Waals surface area contributed by atoms with Gasteiger partial charge in [-0.05, 0) is 56.5 Å². The van der Waals surface area contributed by atoms with E-state index in [-0.39, 0.29) is 12.3 Å². The van der Waals surface area contributed by atoms with Gasteiger partial charge in [0.15, 0.2) is 0 Å². The van der Waals surface area contributed by atoms with Crippen LogP contribution in [0.4, 0.5) is 5.69 Å². The zero-order valence-corrected chi connectivity index (χ0v) is 15.4. The van der Waals surface area contributed by atoms with E-state index in [1.807, 2.05) is 25.6 Å². The van der Waals surface area contributed by atoms with Crippen LogP contribution in [0.5, 0.6) is 5.75 Å². The lowest BCUT2D eigenvalue weighted by molar-refractivity contribution is -0.137. The second kappa shape index (κ2) is 9.03. The first-order chi connectivity index (χ1) is 12.4. The van der Waals surface area contributed by atoms with Crippen LogP contribution in [-0.2, 0) is 23.1 Å². The fraction of sp³-hybridized carbons (Fsp3) is 0.421. The monoisotopic (exact) mass is 359 g/mol. The zero-order chi connectivity index (χ0) is 19.1. The smallest absolute Gasteiger partial charge is 0.303 e. The third-order valence-corrected chi connectivity index (χ3v) is 4.20. The van der Waals surface area contributed by atoms with Crippen molar-refractivity contribution in [3.8, 4) is 5.75 Å². The summed E-state index contributed by atoms with van der Waals surface area (Å²) in [4.78, 5) is 22.6. The van der Waals surface area contributed by atoms with Crippen molar-refractivity contribution in [2.75, 3.05) is 11.9 Å². The average Bonchev–Trinajstić information content (AvgIpc) is 2.83. The highest BCUT2D eigenvalue weighted by atomic mass is 16.5. The topological polar surface area (TPSA) is 93.5 Å². The average molecular weight is 359 g/mol. The van der Waals surface area contributed by atoms with Crippen LogP contribution in [0.15, 0.2) is 24.3 Å². The van der Waals surface area contributed by atoms with Crippen molar-refractivity contribution in [2.45, 2.75) is 39.5 Å². The molecule has 1 aromatic heterocycles. The maximum atomic E-state index is 12.1. The van der Waals surface area contributed by atoms with E-state index in [0.717, 1.165) is 17.0 Å². The molecule has 0 atom stereocenters. The number of aliphatic carboxylic acids is 1. The van der Waals surface area contributed by atoms with Gasteiger partial charge in [-0.15, -0.1) is 0 Å². The molecule has 0 saturated heterocycles. The van der Waals surface area contributed by atoms with Gasteiger partial charge in [0.2, 0.25) is 5.91 Å². The predicted molar refractivity (Wildman–Crippen MR) is 98.4 cm³/mol. The van der Waals surface area contributed by atoms with Crippen LogP contribution >= 0.6 is 0 Å². The molecule has 2 rings (SSSR count). The number of carboxylic acids is 1. The molecule has 1 heterocycles. The number of aryl methyl sites for hydroxylation is 2. The van der Waals surface area contributed by atoms with E-state index in [9.17, 15) is 9.59 Å². The van der Waals surface area contributed by atoms with Crippen molar-refractivity contribution < 1.29 is 19.4 Å². The van der Waals surface area contributed by atoms with E-state index < -0.39 is 5.97 Å². The minimum atomic E-state index is -0.830. The summed E-state index contributed by atoms with van der Waals surface area (Å²) in [5.74, 6) is -0.235. The first-order valence-electron chi connectivity index (χ1n) is 8.60. The van der Waals surface area contributed by atoms with E-state index in [2.05, 4.69) is 10.4 Å². The quantitative estimate of drug-likeness (QED) is 0.672. The maximum absolute atomic E-state index is 12.1. The normalized spacial score (nSPS) is 10.6. The van der Waals surface area contributed by atoms with Gasteiger partial charge in [-0.2, -0.15) is 5.10 Å². The van der Waals surface area contributed by atoms with Crippen LogP contribution in [0, 0.1) is 13.8 Å². The van der Waals surface area contributed by atoms with Gasteiger partial charge in [-0.1, -0.05) is 0 Å². The number of nitrogens with zero attached hydrogens (tertiary/aromatic N) is 2.